The van der Waals surface area contributed by atoms with E-state index in [4.69, 9.17) is 15.3 Å². The van der Waals surface area contributed by atoms with E-state index in [2.05, 4.69) is 5.32 Å². The maximum atomic E-state index is 11.1. The molecule has 2 atom stereocenters. The summed E-state index contributed by atoms with van der Waals surface area (Å²) in [6, 6.07) is -1.31. The van der Waals surface area contributed by atoms with Gasteiger partial charge in [0, 0.05) is 13.0 Å². The highest BCUT2D eigenvalue weighted by molar-refractivity contribution is 5.74. The Labute approximate surface area is 122 Å². The number of likely N-dealkylation sites (tertiary alicyclic amines) is 1. The SMILES string of the molecule is O=C(O)CCCNC(CCN1CCCC1C(=O)O)C(=O)O. The van der Waals surface area contributed by atoms with Crippen molar-refractivity contribution in [1.82, 2.24) is 10.2 Å². The molecule has 0 aromatic carbocycles. The summed E-state index contributed by atoms with van der Waals surface area (Å²) >= 11 is 0. The highest BCUT2D eigenvalue weighted by Gasteiger charge is 2.31. The lowest BCUT2D eigenvalue weighted by Crippen LogP contribution is -2.43. The number of carboxylic acid groups (broad SMARTS) is 3. The number of hydrogen-bond acceptors (Lipinski definition) is 5. The van der Waals surface area contributed by atoms with Crippen LogP contribution in [0.15, 0.2) is 0 Å². The Hall–Kier alpha value is -1.67. The van der Waals surface area contributed by atoms with Crippen LogP contribution in [0.5, 0.6) is 0 Å². The summed E-state index contributed by atoms with van der Waals surface area (Å²) in [6.07, 6.45) is 2.05. The Balaban J connectivity index is 2.35. The van der Waals surface area contributed by atoms with E-state index in [9.17, 15) is 14.4 Å². The first-order valence-corrected chi connectivity index (χ1v) is 7.06. The lowest BCUT2D eigenvalue weighted by Gasteiger charge is -2.23. The normalized spacial score (nSPS) is 20.3. The molecule has 0 aliphatic carbocycles. The molecular weight excluding hydrogens is 280 g/mol. The van der Waals surface area contributed by atoms with Crippen molar-refractivity contribution < 1.29 is 29.7 Å². The number of hydrogen-bond donors (Lipinski definition) is 4. The highest BCUT2D eigenvalue weighted by atomic mass is 16.4. The number of nitrogens with zero attached hydrogens (tertiary/aromatic N) is 1. The molecule has 4 N–H and O–H groups in total. The summed E-state index contributed by atoms with van der Waals surface area (Å²) in [7, 11) is 0. The van der Waals surface area contributed by atoms with Gasteiger partial charge in [0.2, 0.25) is 0 Å². The van der Waals surface area contributed by atoms with Crippen molar-refractivity contribution in [1.29, 1.82) is 0 Å². The van der Waals surface area contributed by atoms with Crippen molar-refractivity contribution >= 4 is 17.9 Å². The zero-order valence-corrected chi connectivity index (χ0v) is 11.8. The molecule has 8 nitrogen and oxygen atoms in total. The minimum absolute atomic E-state index is 0.00739. The smallest absolute Gasteiger partial charge is 0.320 e. The molecule has 1 fully saturated rings. The maximum Gasteiger partial charge on any atom is 0.320 e. The van der Waals surface area contributed by atoms with E-state index in [1.807, 2.05) is 0 Å². The lowest BCUT2D eigenvalue weighted by atomic mass is 10.1. The monoisotopic (exact) mass is 302 g/mol. The zero-order valence-electron chi connectivity index (χ0n) is 11.8. The summed E-state index contributed by atoms with van der Waals surface area (Å²) in [5.74, 6) is -2.78. The largest absolute Gasteiger partial charge is 0.481 e. The third-order valence-electron chi connectivity index (χ3n) is 3.61. The highest BCUT2D eigenvalue weighted by Crippen LogP contribution is 2.17. The molecule has 21 heavy (non-hydrogen) atoms. The summed E-state index contributed by atoms with van der Waals surface area (Å²) in [4.78, 5) is 34.3. The minimum atomic E-state index is -1.00. The molecule has 0 aromatic rings. The Morgan fingerprint density at radius 2 is 1.95 bits per heavy atom. The number of aliphatic carboxylic acids is 3. The van der Waals surface area contributed by atoms with E-state index in [1.54, 1.807) is 4.90 Å². The molecule has 0 amide bonds. The van der Waals surface area contributed by atoms with Crippen molar-refractivity contribution in [2.45, 2.75) is 44.2 Å². The molecule has 0 aromatic heterocycles. The van der Waals surface area contributed by atoms with Gasteiger partial charge in [0.1, 0.15) is 12.1 Å². The maximum absolute atomic E-state index is 11.1. The molecule has 1 heterocycles. The Bertz CT molecular complexity index is 387. The molecule has 2 unspecified atom stereocenters. The average Bonchev–Trinajstić information content (AvgIpc) is 2.85. The Morgan fingerprint density at radius 3 is 2.52 bits per heavy atom. The third kappa shape index (κ3) is 6.09. The first kappa shape index (κ1) is 17.4. The van der Waals surface area contributed by atoms with Gasteiger partial charge in [0.15, 0.2) is 0 Å². The molecule has 1 aliphatic rings. The van der Waals surface area contributed by atoms with Crippen LogP contribution in [-0.2, 0) is 14.4 Å². The number of nitrogens with one attached hydrogen (secondary N) is 1. The Kier molecular flexibility index (Phi) is 7.10. The van der Waals surface area contributed by atoms with E-state index in [1.165, 1.54) is 0 Å². The fourth-order valence-corrected chi connectivity index (χ4v) is 2.50. The van der Waals surface area contributed by atoms with E-state index in [0.717, 1.165) is 6.42 Å². The number of rotatable bonds is 10. The van der Waals surface area contributed by atoms with Gasteiger partial charge in [-0.05, 0) is 38.8 Å². The van der Waals surface area contributed by atoms with Gasteiger partial charge in [-0.3, -0.25) is 19.3 Å². The van der Waals surface area contributed by atoms with Crippen LogP contribution in [0.1, 0.15) is 32.1 Å². The van der Waals surface area contributed by atoms with Gasteiger partial charge < -0.3 is 20.6 Å². The van der Waals surface area contributed by atoms with Crippen LogP contribution in [0.3, 0.4) is 0 Å². The van der Waals surface area contributed by atoms with Crippen molar-refractivity contribution in [2.24, 2.45) is 0 Å². The van der Waals surface area contributed by atoms with Gasteiger partial charge in [-0.1, -0.05) is 0 Å². The molecule has 120 valence electrons. The van der Waals surface area contributed by atoms with Crippen LogP contribution in [0, 0.1) is 0 Å². The molecule has 1 aliphatic heterocycles. The standard InChI is InChI=1S/C13H22N2O6/c16-11(17)4-1-6-14-9(12(18)19)5-8-15-7-2-3-10(15)13(20)21/h9-10,14H,1-8H2,(H,16,17)(H,18,19)(H,20,21). The summed E-state index contributed by atoms with van der Waals surface area (Å²) in [6.45, 7) is 1.38. The van der Waals surface area contributed by atoms with Gasteiger partial charge in [-0.25, -0.2) is 0 Å². The zero-order chi connectivity index (χ0) is 15.8. The molecule has 0 saturated carbocycles. The van der Waals surface area contributed by atoms with Crippen LogP contribution in [0.4, 0.5) is 0 Å². The van der Waals surface area contributed by atoms with E-state index in [0.29, 0.717) is 38.9 Å². The third-order valence-corrected chi connectivity index (χ3v) is 3.61. The quantitative estimate of drug-likeness (QED) is 0.410. The molecule has 0 radical (unpaired) electrons. The van der Waals surface area contributed by atoms with Crippen molar-refractivity contribution in [3.63, 3.8) is 0 Å². The minimum Gasteiger partial charge on any atom is -0.481 e. The molecular formula is C13H22N2O6. The molecule has 8 heteroatoms. The fraction of sp³-hybridized carbons (Fsp3) is 0.769. The van der Waals surface area contributed by atoms with Gasteiger partial charge in [0.05, 0.1) is 0 Å². The van der Waals surface area contributed by atoms with Gasteiger partial charge in [-0.15, -0.1) is 0 Å². The lowest BCUT2D eigenvalue weighted by molar-refractivity contribution is -0.142. The van der Waals surface area contributed by atoms with Crippen LogP contribution >= 0.6 is 0 Å². The summed E-state index contributed by atoms with van der Waals surface area (Å²) in [5.41, 5.74) is 0. The summed E-state index contributed by atoms with van der Waals surface area (Å²) in [5, 5.41) is 29.5. The molecule has 0 bridgehead atoms. The van der Waals surface area contributed by atoms with E-state index in [-0.39, 0.29) is 6.42 Å². The molecule has 1 rings (SSSR count). The molecule has 1 saturated heterocycles. The topological polar surface area (TPSA) is 127 Å². The number of carboxylic acids is 3. The van der Waals surface area contributed by atoms with Gasteiger partial charge in [-0.2, -0.15) is 0 Å². The second-order valence-electron chi connectivity index (χ2n) is 5.16. The first-order valence-electron chi connectivity index (χ1n) is 7.06. The van der Waals surface area contributed by atoms with Crippen LogP contribution in [-0.4, -0.2) is 69.8 Å². The first-order chi connectivity index (χ1) is 9.91. The van der Waals surface area contributed by atoms with Crippen molar-refractivity contribution in [2.75, 3.05) is 19.6 Å². The van der Waals surface area contributed by atoms with Crippen LogP contribution < -0.4 is 5.32 Å². The second-order valence-corrected chi connectivity index (χ2v) is 5.16. The predicted octanol–water partition coefficient (Wildman–Crippen LogP) is -0.167. The number of carbonyl (C=O) groups is 3. The van der Waals surface area contributed by atoms with Crippen molar-refractivity contribution in [3.05, 3.63) is 0 Å². The fourth-order valence-electron chi connectivity index (χ4n) is 2.50. The van der Waals surface area contributed by atoms with Gasteiger partial charge >= 0.3 is 17.9 Å². The van der Waals surface area contributed by atoms with Crippen LogP contribution in [0.2, 0.25) is 0 Å². The summed E-state index contributed by atoms with van der Waals surface area (Å²) < 4.78 is 0. The second kappa shape index (κ2) is 8.58. The van der Waals surface area contributed by atoms with Gasteiger partial charge in [0.25, 0.3) is 0 Å². The van der Waals surface area contributed by atoms with E-state index >= 15 is 0 Å². The van der Waals surface area contributed by atoms with Crippen LogP contribution in [0.25, 0.3) is 0 Å². The average molecular weight is 302 g/mol. The van der Waals surface area contributed by atoms with E-state index < -0.39 is 30.0 Å². The van der Waals surface area contributed by atoms with Crippen molar-refractivity contribution in [3.8, 4) is 0 Å². The predicted molar refractivity (Wildman–Crippen MR) is 73.1 cm³/mol. The Morgan fingerprint density at radius 1 is 1.24 bits per heavy atom. The molecule has 0 spiro atoms.